The summed E-state index contributed by atoms with van der Waals surface area (Å²) in [6.45, 7) is 1.98. The highest BCUT2D eigenvalue weighted by molar-refractivity contribution is 5.81. The summed E-state index contributed by atoms with van der Waals surface area (Å²) in [5.41, 5.74) is 2.87. The van der Waals surface area contributed by atoms with Crippen molar-refractivity contribution in [2.45, 2.75) is 12.8 Å². The maximum atomic E-state index is 12.6. The predicted molar refractivity (Wildman–Crippen MR) is 78.4 cm³/mol. The molecule has 0 bridgehead atoms. The molecule has 3 nitrogen and oxygen atoms in total. The first-order valence-corrected chi connectivity index (χ1v) is 6.63. The fraction of sp³-hybridized carbons (Fsp3) is 0.235. The van der Waals surface area contributed by atoms with Gasteiger partial charge in [0.15, 0.2) is 0 Å². The van der Waals surface area contributed by atoms with E-state index >= 15 is 0 Å². The third kappa shape index (κ3) is 2.95. The van der Waals surface area contributed by atoms with Crippen LogP contribution in [0.25, 0.3) is 0 Å². The van der Waals surface area contributed by atoms with Gasteiger partial charge in [0.2, 0.25) is 0 Å². The largest absolute Gasteiger partial charge is 0.357 e. The van der Waals surface area contributed by atoms with Crippen molar-refractivity contribution in [2.24, 2.45) is 0 Å². The van der Waals surface area contributed by atoms with Gasteiger partial charge in [0, 0.05) is 0 Å². The van der Waals surface area contributed by atoms with Gasteiger partial charge in [-0.3, -0.25) is 0 Å². The van der Waals surface area contributed by atoms with Gasteiger partial charge in [-0.2, -0.15) is 0 Å². The minimum absolute atomic E-state index is 0.245. The summed E-state index contributed by atoms with van der Waals surface area (Å²) in [5, 5.41) is 10.1. The number of carbonyl (C=O) groups excluding carboxylic acids is 1. The molecule has 2 aromatic carbocycles. The standard InChI is InChI=1S/C17H20NO2/c1-13-9-7-8-12-15(13)16(17(19)18(2,3)20)14-10-5-4-6-11-14/h4-12,16,20H,1-3H3/q+1. The fourth-order valence-corrected chi connectivity index (χ4v) is 2.33. The Morgan fingerprint density at radius 2 is 1.55 bits per heavy atom. The molecule has 1 atom stereocenters. The van der Waals surface area contributed by atoms with Crippen LogP contribution in [0.1, 0.15) is 22.6 Å². The van der Waals surface area contributed by atoms with Crippen LogP contribution in [0.4, 0.5) is 0 Å². The van der Waals surface area contributed by atoms with E-state index in [1.54, 1.807) is 0 Å². The van der Waals surface area contributed by atoms with Crippen LogP contribution in [-0.4, -0.2) is 29.9 Å². The highest BCUT2D eigenvalue weighted by atomic mass is 16.6. The fourth-order valence-electron chi connectivity index (χ4n) is 2.33. The number of likely N-dealkylation sites (N-methyl/N-ethyl adjacent to an activating group) is 1. The van der Waals surface area contributed by atoms with Crippen molar-refractivity contribution in [2.75, 3.05) is 14.1 Å². The van der Waals surface area contributed by atoms with Crippen LogP contribution in [0.5, 0.6) is 0 Å². The second kappa shape index (κ2) is 5.57. The molecule has 0 radical (unpaired) electrons. The van der Waals surface area contributed by atoms with Gasteiger partial charge in [-0.15, -0.1) is 4.65 Å². The molecule has 0 aliphatic heterocycles. The van der Waals surface area contributed by atoms with Crippen LogP contribution in [0.3, 0.4) is 0 Å². The van der Waals surface area contributed by atoms with Gasteiger partial charge in [0.25, 0.3) is 0 Å². The second-order valence-electron chi connectivity index (χ2n) is 5.43. The van der Waals surface area contributed by atoms with E-state index in [0.717, 1.165) is 16.7 Å². The monoisotopic (exact) mass is 270 g/mol. The smallest absolute Gasteiger partial charge is 0.226 e. The summed E-state index contributed by atoms with van der Waals surface area (Å²) in [4.78, 5) is 12.6. The van der Waals surface area contributed by atoms with Crippen LogP contribution in [0.2, 0.25) is 0 Å². The molecule has 2 aromatic rings. The molecular weight excluding hydrogens is 250 g/mol. The van der Waals surface area contributed by atoms with E-state index in [4.69, 9.17) is 0 Å². The van der Waals surface area contributed by atoms with Crippen molar-refractivity contribution < 1.29 is 14.6 Å². The molecule has 0 aliphatic rings. The Hall–Kier alpha value is -1.97. The average Bonchev–Trinajstić information content (AvgIpc) is 2.41. The lowest BCUT2D eigenvalue weighted by molar-refractivity contribution is -1.01. The molecule has 0 heterocycles. The molecule has 0 spiro atoms. The maximum Gasteiger partial charge on any atom is 0.357 e. The number of rotatable bonds is 3. The van der Waals surface area contributed by atoms with E-state index in [2.05, 4.69) is 0 Å². The SMILES string of the molecule is Cc1ccccc1C(C(=O)[N+](C)(C)O)c1ccccc1. The molecule has 1 unspecified atom stereocenters. The molecule has 0 aromatic heterocycles. The molecule has 0 saturated heterocycles. The molecule has 0 aliphatic carbocycles. The Bertz CT molecular complexity index is 600. The molecule has 1 N–H and O–H groups in total. The van der Waals surface area contributed by atoms with Crippen molar-refractivity contribution in [3.8, 4) is 0 Å². The number of benzene rings is 2. The van der Waals surface area contributed by atoms with E-state index in [1.807, 2.05) is 61.5 Å². The van der Waals surface area contributed by atoms with Gasteiger partial charge in [0.05, 0.1) is 0 Å². The first-order chi connectivity index (χ1) is 9.41. The Balaban J connectivity index is 2.57. The van der Waals surface area contributed by atoms with Gasteiger partial charge in [0.1, 0.15) is 20.0 Å². The number of quaternary nitrogens is 1. The topological polar surface area (TPSA) is 37.3 Å². The number of hydrogen-bond donors (Lipinski definition) is 1. The Morgan fingerprint density at radius 3 is 2.10 bits per heavy atom. The zero-order chi connectivity index (χ0) is 14.8. The lowest BCUT2D eigenvalue weighted by Gasteiger charge is -2.24. The molecule has 3 heteroatoms. The lowest BCUT2D eigenvalue weighted by Crippen LogP contribution is -2.45. The van der Waals surface area contributed by atoms with Crippen molar-refractivity contribution in [1.82, 2.24) is 0 Å². The first-order valence-electron chi connectivity index (χ1n) is 6.63. The van der Waals surface area contributed by atoms with E-state index in [0.29, 0.717) is 0 Å². The number of hydrogen-bond acceptors (Lipinski definition) is 2. The lowest BCUT2D eigenvalue weighted by atomic mass is 9.87. The molecule has 104 valence electrons. The van der Waals surface area contributed by atoms with Crippen LogP contribution in [0, 0.1) is 6.92 Å². The van der Waals surface area contributed by atoms with Crippen LogP contribution < -0.4 is 0 Å². The quantitative estimate of drug-likeness (QED) is 0.528. The maximum absolute atomic E-state index is 12.6. The number of aryl methyl sites for hydroxylation is 1. The Kier molecular flexibility index (Phi) is 4.02. The summed E-state index contributed by atoms with van der Waals surface area (Å²) in [7, 11) is 2.97. The number of hydroxylamine groups is 3. The Morgan fingerprint density at radius 1 is 1.00 bits per heavy atom. The first kappa shape index (κ1) is 14.4. The average molecular weight is 270 g/mol. The van der Waals surface area contributed by atoms with Crippen LogP contribution >= 0.6 is 0 Å². The minimum atomic E-state index is -0.687. The molecular formula is C17H20NO2+. The van der Waals surface area contributed by atoms with Crippen LogP contribution in [-0.2, 0) is 4.79 Å². The van der Waals surface area contributed by atoms with Gasteiger partial charge in [-0.05, 0) is 23.6 Å². The number of carbonyl (C=O) groups is 1. The van der Waals surface area contributed by atoms with E-state index in [1.165, 1.54) is 14.1 Å². The molecule has 0 saturated carbocycles. The van der Waals surface area contributed by atoms with Crippen molar-refractivity contribution in [3.05, 3.63) is 71.3 Å². The third-order valence-electron chi connectivity index (χ3n) is 3.42. The van der Waals surface area contributed by atoms with Crippen molar-refractivity contribution in [3.63, 3.8) is 0 Å². The zero-order valence-corrected chi connectivity index (χ0v) is 12.1. The molecule has 1 amide bonds. The van der Waals surface area contributed by atoms with E-state index in [9.17, 15) is 10.0 Å². The van der Waals surface area contributed by atoms with Gasteiger partial charge < -0.3 is 0 Å². The Labute approximate surface area is 119 Å². The van der Waals surface area contributed by atoms with E-state index in [-0.39, 0.29) is 5.91 Å². The zero-order valence-electron chi connectivity index (χ0n) is 12.1. The van der Waals surface area contributed by atoms with Gasteiger partial charge in [-0.25, -0.2) is 10.0 Å². The van der Waals surface area contributed by atoms with E-state index < -0.39 is 10.6 Å². The summed E-state index contributed by atoms with van der Waals surface area (Å²) in [5.74, 6) is -0.706. The molecule has 0 fully saturated rings. The highest BCUT2D eigenvalue weighted by Gasteiger charge is 2.36. The number of nitrogens with zero attached hydrogens (tertiary/aromatic N) is 1. The molecule has 2 rings (SSSR count). The summed E-state index contributed by atoms with van der Waals surface area (Å²) >= 11 is 0. The summed E-state index contributed by atoms with van der Waals surface area (Å²) in [6.07, 6.45) is 0. The van der Waals surface area contributed by atoms with Crippen LogP contribution in [0.15, 0.2) is 54.6 Å². The van der Waals surface area contributed by atoms with Gasteiger partial charge >= 0.3 is 5.91 Å². The number of amides is 1. The van der Waals surface area contributed by atoms with Crippen molar-refractivity contribution >= 4 is 5.91 Å². The second-order valence-corrected chi connectivity index (χ2v) is 5.43. The normalized spacial score (nSPS) is 13.0. The predicted octanol–water partition coefficient (Wildman–Crippen LogP) is 3.12. The van der Waals surface area contributed by atoms with Gasteiger partial charge in [-0.1, -0.05) is 54.6 Å². The minimum Gasteiger partial charge on any atom is -0.226 e. The summed E-state index contributed by atoms with van der Waals surface area (Å²) in [6, 6.07) is 17.4. The summed E-state index contributed by atoms with van der Waals surface area (Å²) < 4.78 is -0.687. The third-order valence-corrected chi connectivity index (χ3v) is 3.42. The highest BCUT2D eigenvalue weighted by Crippen LogP contribution is 2.29. The molecule has 20 heavy (non-hydrogen) atoms. The van der Waals surface area contributed by atoms with Crippen molar-refractivity contribution in [1.29, 1.82) is 0 Å².